The molecule has 1 heterocycles. The Labute approximate surface area is 87.9 Å². The molecule has 1 aromatic carbocycles. The van der Waals surface area contributed by atoms with Crippen molar-refractivity contribution in [2.75, 3.05) is 5.75 Å². The molecule has 0 bridgehead atoms. The predicted molar refractivity (Wildman–Crippen MR) is 58.8 cm³/mol. The van der Waals surface area contributed by atoms with Crippen molar-refractivity contribution < 1.29 is 4.39 Å². The topological polar surface area (TPSA) is 26.0 Å². The first-order valence-corrected chi connectivity index (χ1v) is 5.97. The summed E-state index contributed by atoms with van der Waals surface area (Å²) in [7, 11) is 0. The lowest BCUT2D eigenvalue weighted by Crippen LogP contribution is -2.14. The Balaban J connectivity index is 2.57. The molecule has 0 saturated heterocycles. The lowest BCUT2D eigenvalue weighted by molar-refractivity contribution is 0.574. The zero-order chi connectivity index (χ0) is 10.1. The van der Waals surface area contributed by atoms with Crippen molar-refractivity contribution in [3.05, 3.63) is 34.6 Å². The highest BCUT2D eigenvalue weighted by Crippen LogP contribution is 2.32. The molecule has 1 aliphatic rings. The molecule has 0 radical (unpaired) electrons. The number of aryl methyl sites for hydroxylation is 1. The van der Waals surface area contributed by atoms with Crippen LogP contribution in [0, 0.1) is 12.7 Å². The van der Waals surface area contributed by atoms with E-state index in [1.807, 2.05) is 24.8 Å². The molecule has 1 nitrogen and oxygen atoms in total. The van der Waals surface area contributed by atoms with Gasteiger partial charge in [0.2, 0.25) is 0 Å². The second-order valence-electron chi connectivity index (χ2n) is 3.70. The largest absolute Gasteiger partial charge is 0.324 e. The van der Waals surface area contributed by atoms with Gasteiger partial charge in [0.25, 0.3) is 0 Å². The smallest absolute Gasteiger partial charge is 0.128 e. The van der Waals surface area contributed by atoms with Crippen LogP contribution in [0.25, 0.3) is 0 Å². The van der Waals surface area contributed by atoms with Crippen molar-refractivity contribution in [2.45, 2.75) is 25.1 Å². The Morgan fingerprint density at radius 1 is 1.50 bits per heavy atom. The number of thioether (sulfide) groups is 1. The maximum atomic E-state index is 13.6. The number of nitrogens with two attached hydrogens (primary N) is 1. The lowest BCUT2D eigenvalue weighted by atomic mass is 9.96. The van der Waals surface area contributed by atoms with Gasteiger partial charge in [-0.1, -0.05) is 6.07 Å². The van der Waals surface area contributed by atoms with Crippen LogP contribution in [0.5, 0.6) is 0 Å². The maximum absolute atomic E-state index is 13.6. The second-order valence-corrected chi connectivity index (χ2v) is 4.81. The van der Waals surface area contributed by atoms with Crippen LogP contribution < -0.4 is 5.73 Å². The van der Waals surface area contributed by atoms with Crippen molar-refractivity contribution >= 4 is 11.8 Å². The minimum Gasteiger partial charge on any atom is -0.324 e. The molecule has 1 atom stereocenters. The predicted octanol–water partition coefficient (Wildman–Crippen LogP) is 2.77. The van der Waals surface area contributed by atoms with Crippen LogP contribution in [0.2, 0.25) is 0 Å². The average molecular weight is 211 g/mol. The minimum atomic E-state index is -0.138. The van der Waals surface area contributed by atoms with Gasteiger partial charge in [-0.15, -0.1) is 0 Å². The normalized spacial score (nSPS) is 21.5. The summed E-state index contributed by atoms with van der Waals surface area (Å²) >= 11 is 1.84. The summed E-state index contributed by atoms with van der Waals surface area (Å²) in [6, 6.07) is 3.25. The third-order valence-electron chi connectivity index (χ3n) is 2.73. The van der Waals surface area contributed by atoms with Crippen LogP contribution in [-0.4, -0.2) is 5.75 Å². The molecule has 1 aliphatic heterocycles. The van der Waals surface area contributed by atoms with E-state index in [2.05, 4.69) is 0 Å². The Hall–Kier alpha value is -0.540. The molecule has 0 unspecified atom stereocenters. The van der Waals surface area contributed by atoms with Crippen LogP contribution in [0.4, 0.5) is 4.39 Å². The van der Waals surface area contributed by atoms with E-state index in [1.165, 1.54) is 6.07 Å². The molecule has 1 aromatic rings. The second kappa shape index (κ2) is 3.91. The van der Waals surface area contributed by atoms with Crippen molar-refractivity contribution in [3.63, 3.8) is 0 Å². The van der Waals surface area contributed by atoms with Gasteiger partial charge in [-0.2, -0.15) is 11.8 Å². The summed E-state index contributed by atoms with van der Waals surface area (Å²) < 4.78 is 13.6. The van der Waals surface area contributed by atoms with Crippen LogP contribution in [0.15, 0.2) is 12.1 Å². The molecule has 0 aromatic heterocycles. The van der Waals surface area contributed by atoms with E-state index in [4.69, 9.17) is 5.73 Å². The number of benzene rings is 1. The molecule has 3 heteroatoms. The lowest BCUT2D eigenvalue weighted by Gasteiger charge is -2.14. The Bertz CT molecular complexity index is 351. The van der Waals surface area contributed by atoms with Gasteiger partial charge in [0.15, 0.2) is 0 Å². The number of fused-ring (bicyclic) bond motifs is 1. The highest BCUT2D eigenvalue weighted by molar-refractivity contribution is 7.98. The summed E-state index contributed by atoms with van der Waals surface area (Å²) in [4.78, 5) is 0. The van der Waals surface area contributed by atoms with E-state index >= 15 is 0 Å². The first-order valence-electron chi connectivity index (χ1n) is 4.81. The highest BCUT2D eigenvalue weighted by atomic mass is 32.2. The molecule has 2 N–H and O–H groups in total. The van der Waals surface area contributed by atoms with Crippen LogP contribution >= 0.6 is 11.8 Å². The SMILES string of the molecule is Cc1ccc(F)c2c1CSCC[C@H]2N. The molecule has 0 amide bonds. The van der Waals surface area contributed by atoms with E-state index in [0.29, 0.717) is 0 Å². The summed E-state index contributed by atoms with van der Waals surface area (Å²) in [5.41, 5.74) is 8.98. The van der Waals surface area contributed by atoms with Crippen molar-refractivity contribution in [3.8, 4) is 0 Å². The summed E-state index contributed by atoms with van der Waals surface area (Å²) in [5.74, 6) is 1.78. The maximum Gasteiger partial charge on any atom is 0.128 e. The highest BCUT2D eigenvalue weighted by Gasteiger charge is 2.20. The van der Waals surface area contributed by atoms with E-state index in [9.17, 15) is 4.39 Å². The molecule has 0 fully saturated rings. The Morgan fingerprint density at radius 2 is 2.29 bits per heavy atom. The van der Waals surface area contributed by atoms with E-state index in [-0.39, 0.29) is 11.9 Å². The van der Waals surface area contributed by atoms with E-state index in [1.54, 1.807) is 0 Å². The first kappa shape index (κ1) is 9.99. The monoisotopic (exact) mass is 211 g/mol. The average Bonchev–Trinajstić information content (AvgIpc) is 2.35. The van der Waals surface area contributed by atoms with Crippen molar-refractivity contribution in [1.82, 2.24) is 0 Å². The summed E-state index contributed by atoms with van der Waals surface area (Å²) in [5, 5.41) is 0. The fourth-order valence-corrected chi connectivity index (χ4v) is 3.02. The van der Waals surface area contributed by atoms with Gasteiger partial charge in [0.05, 0.1) is 0 Å². The molecule has 0 aliphatic carbocycles. The van der Waals surface area contributed by atoms with Gasteiger partial charge in [-0.25, -0.2) is 4.39 Å². The van der Waals surface area contributed by atoms with Crippen molar-refractivity contribution in [2.24, 2.45) is 5.73 Å². The quantitative estimate of drug-likeness (QED) is 0.714. The fourth-order valence-electron chi connectivity index (χ4n) is 1.87. The molecule has 76 valence electrons. The minimum absolute atomic E-state index is 0.125. The van der Waals surface area contributed by atoms with Gasteiger partial charge in [0.1, 0.15) is 5.82 Å². The van der Waals surface area contributed by atoms with Gasteiger partial charge >= 0.3 is 0 Å². The van der Waals surface area contributed by atoms with Gasteiger partial charge < -0.3 is 5.73 Å². The van der Waals surface area contributed by atoms with Crippen LogP contribution in [-0.2, 0) is 5.75 Å². The van der Waals surface area contributed by atoms with Crippen LogP contribution in [0.3, 0.4) is 0 Å². The molecule has 0 saturated carbocycles. The zero-order valence-electron chi connectivity index (χ0n) is 8.22. The molecule has 0 spiro atoms. The first-order chi connectivity index (χ1) is 6.70. The Kier molecular flexibility index (Phi) is 2.79. The third kappa shape index (κ3) is 1.66. The van der Waals surface area contributed by atoms with Gasteiger partial charge in [-0.05, 0) is 36.3 Å². The summed E-state index contributed by atoms with van der Waals surface area (Å²) in [6.07, 6.45) is 0.873. The Morgan fingerprint density at radius 3 is 3.07 bits per heavy atom. The van der Waals surface area contributed by atoms with E-state index in [0.717, 1.165) is 34.6 Å². The van der Waals surface area contributed by atoms with Gasteiger partial charge in [-0.3, -0.25) is 0 Å². The molecule has 14 heavy (non-hydrogen) atoms. The molecular weight excluding hydrogens is 197 g/mol. The van der Waals surface area contributed by atoms with Crippen molar-refractivity contribution in [1.29, 1.82) is 0 Å². The third-order valence-corrected chi connectivity index (χ3v) is 3.75. The molecular formula is C11H14FNS. The fraction of sp³-hybridized carbons (Fsp3) is 0.455. The number of halogens is 1. The molecule has 2 rings (SSSR count). The standard InChI is InChI=1S/C11H14FNS/c1-7-2-3-9(12)11-8(7)6-14-5-4-10(11)13/h2-3,10H,4-6,13H2,1H3/t10-/m1/s1. The number of hydrogen-bond acceptors (Lipinski definition) is 2. The number of rotatable bonds is 0. The number of hydrogen-bond donors (Lipinski definition) is 1. The van der Waals surface area contributed by atoms with Gasteiger partial charge in [0, 0.05) is 17.4 Å². The van der Waals surface area contributed by atoms with E-state index < -0.39 is 0 Å². The zero-order valence-corrected chi connectivity index (χ0v) is 9.03. The summed E-state index contributed by atoms with van der Waals surface area (Å²) in [6.45, 7) is 2.02. The van der Waals surface area contributed by atoms with Crippen LogP contribution in [0.1, 0.15) is 29.2 Å².